The first-order valence-electron chi connectivity index (χ1n) is 5.80. The minimum atomic E-state index is -0.843. The van der Waals surface area contributed by atoms with Gasteiger partial charge in [0, 0.05) is 6.04 Å². The standard InChI is InChI=1S/C11H17N3O2/c1-8-12-13-10(7-11(15)16)14(8)9-5-3-2-4-6-9/h9H,2-7H2,1H3,(H,15,16). The minimum absolute atomic E-state index is 0.0304. The number of aromatic nitrogens is 3. The van der Waals surface area contributed by atoms with E-state index < -0.39 is 5.97 Å². The molecule has 0 saturated heterocycles. The van der Waals surface area contributed by atoms with E-state index in [-0.39, 0.29) is 6.42 Å². The molecule has 1 aliphatic carbocycles. The van der Waals surface area contributed by atoms with Crippen molar-refractivity contribution in [2.45, 2.75) is 51.5 Å². The fourth-order valence-corrected chi connectivity index (χ4v) is 2.48. The molecule has 0 radical (unpaired) electrons. The molecule has 1 heterocycles. The maximum absolute atomic E-state index is 10.7. The van der Waals surface area contributed by atoms with E-state index in [1.54, 1.807) is 0 Å². The van der Waals surface area contributed by atoms with Crippen LogP contribution in [0.15, 0.2) is 0 Å². The molecule has 5 nitrogen and oxygen atoms in total. The second kappa shape index (κ2) is 4.63. The Bertz CT molecular complexity index is 381. The molecule has 1 aromatic rings. The second-order valence-corrected chi connectivity index (χ2v) is 4.40. The summed E-state index contributed by atoms with van der Waals surface area (Å²) in [5.41, 5.74) is 0. The minimum Gasteiger partial charge on any atom is -0.481 e. The highest BCUT2D eigenvalue weighted by Crippen LogP contribution is 2.29. The molecule has 1 fully saturated rings. The van der Waals surface area contributed by atoms with Gasteiger partial charge in [0.05, 0.1) is 0 Å². The average molecular weight is 223 g/mol. The molecule has 0 aromatic carbocycles. The summed E-state index contributed by atoms with van der Waals surface area (Å²) in [6.45, 7) is 1.90. The van der Waals surface area contributed by atoms with E-state index in [9.17, 15) is 4.79 Å². The van der Waals surface area contributed by atoms with Crippen molar-refractivity contribution in [3.05, 3.63) is 11.6 Å². The first-order valence-corrected chi connectivity index (χ1v) is 5.80. The Balaban J connectivity index is 2.23. The monoisotopic (exact) mass is 223 g/mol. The van der Waals surface area contributed by atoms with Crippen LogP contribution in [0.25, 0.3) is 0 Å². The molecule has 1 saturated carbocycles. The number of hydrogen-bond acceptors (Lipinski definition) is 3. The molecular weight excluding hydrogens is 206 g/mol. The number of aliphatic carboxylic acids is 1. The zero-order valence-electron chi connectivity index (χ0n) is 9.52. The third-order valence-electron chi connectivity index (χ3n) is 3.19. The Morgan fingerprint density at radius 1 is 1.38 bits per heavy atom. The van der Waals surface area contributed by atoms with Gasteiger partial charge in [-0.05, 0) is 19.8 Å². The molecule has 5 heteroatoms. The van der Waals surface area contributed by atoms with Gasteiger partial charge in [0.15, 0.2) is 0 Å². The van der Waals surface area contributed by atoms with Crippen LogP contribution in [0.4, 0.5) is 0 Å². The number of carboxylic acids is 1. The van der Waals surface area contributed by atoms with Crippen LogP contribution in [0, 0.1) is 6.92 Å². The van der Waals surface area contributed by atoms with Gasteiger partial charge >= 0.3 is 5.97 Å². The lowest BCUT2D eigenvalue weighted by atomic mass is 9.95. The maximum Gasteiger partial charge on any atom is 0.311 e. The molecule has 0 amide bonds. The van der Waals surface area contributed by atoms with E-state index in [1.807, 2.05) is 11.5 Å². The highest BCUT2D eigenvalue weighted by Gasteiger charge is 2.21. The van der Waals surface area contributed by atoms with Gasteiger partial charge in [0.25, 0.3) is 0 Å². The SMILES string of the molecule is Cc1nnc(CC(=O)O)n1C1CCCCC1. The fraction of sp³-hybridized carbons (Fsp3) is 0.727. The zero-order chi connectivity index (χ0) is 11.5. The number of nitrogens with zero attached hydrogens (tertiary/aromatic N) is 3. The first-order chi connectivity index (χ1) is 7.68. The summed E-state index contributed by atoms with van der Waals surface area (Å²) in [6, 6.07) is 0.401. The van der Waals surface area contributed by atoms with Crippen molar-refractivity contribution < 1.29 is 9.90 Å². The van der Waals surface area contributed by atoms with Gasteiger partial charge in [-0.1, -0.05) is 19.3 Å². The number of aryl methyl sites for hydroxylation is 1. The van der Waals surface area contributed by atoms with Gasteiger partial charge in [-0.2, -0.15) is 0 Å². The van der Waals surface area contributed by atoms with Crippen LogP contribution in [-0.4, -0.2) is 25.8 Å². The van der Waals surface area contributed by atoms with E-state index in [1.165, 1.54) is 19.3 Å². The Kier molecular flexibility index (Phi) is 3.22. The fourth-order valence-electron chi connectivity index (χ4n) is 2.48. The number of rotatable bonds is 3. The molecule has 1 N–H and O–H groups in total. The number of carboxylic acid groups (broad SMARTS) is 1. The second-order valence-electron chi connectivity index (χ2n) is 4.40. The van der Waals surface area contributed by atoms with Gasteiger partial charge < -0.3 is 9.67 Å². The van der Waals surface area contributed by atoms with Crippen molar-refractivity contribution in [1.29, 1.82) is 0 Å². The predicted molar refractivity (Wildman–Crippen MR) is 58.2 cm³/mol. The zero-order valence-corrected chi connectivity index (χ0v) is 9.52. The first kappa shape index (κ1) is 11.1. The molecule has 1 aliphatic rings. The lowest BCUT2D eigenvalue weighted by Crippen LogP contribution is -2.18. The van der Waals surface area contributed by atoms with Crippen molar-refractivity contribution >= 4 is 5.97 Å². The van der Waals surface area contributed by atoms with Crippen LogP contribution in [0.3, 0.4) is 0 Å². The van der Waals surface area contributed by atoms with Crippen molar-refractivity contribution in [3.8, 4) is 0 Å². The van der Waals surface area contributed by atoms with Crippen LogP contribution >= 0.6 is 0 Å². The van der Waals surface area contributed by atoms with E-state index in [2.05, 4.69) is 10.2 Å². The summed E-state index contributed by atoms with van der Waals surface area (Å²) in [5, 5.41) is 16.8. The van der Waals surface area contributed by atoms with Crippen LogP contribution in [-0.2, 0) is 11.2 Å². The highest BCUT2D eigenvalue weighted by molar-refractivity contribution is 5.69. The molecule has 0 unspecified atom stereocenters. The molecule has 0 atom stereocenters. The van der Waals surface area contributed by atoms with Gasteiger partial charge in [-0.3, -0.25) is 4.79 Å². The summed E-state index contributed by atoms with van der Waals surface area (Å²) < 4.78 is 2.02. The van der Waals surface area contributed by atoms with Crippen LogP contribution in [0.2, 0.25) is 0 Å². The summed E-state index contributed by atoms with van der Waals surface area (Å²) >= 11 is 0. The van der Waals surface area contributed by atoms with E-state index in [0.29, 0.717) is 11.9 Å². The van der Waals surface area contributed by atoms with Crippen molar-refractivity contribution in [2.24, 2.45) is 0 Å². The van der Waals surface area contributed by atoms with E-state index in [4.69, 9.17) is 5.11 Å². The molecule has 2 rings (SSSR count). The molecular formula is C11H17N3O2. The molecule has 16 heavy (non-hydrogen) atoms. The van der Waals surface area contributed by atoms with Gasteiger partial charge in [0.1, 0.15) is 18.1 Å². The number of hydrogen-bond donors (Lipinski definition) is 1. The van der Waals surface area contributed by atoms with Gasteiger partial charge in [0.2, 0.25) is 0 Å². The molecule has 1 aromatic heterocycles. The Morgan fingerprint density at radius 2 is 2.06 bits per heavy atom. The summed E-state index contributed by atoms with van der Waals surface area (Å²) in [5.74, 6) is 0.588. The molecule has 88 valence electrons. The predicted octanol–water partition coefficient (Wildman–Crippen LogP) is 1.72. The summed E-state index contributed by atoms with van der Waals surface area (Å²) in [6.07, 6.45) is 5.92. The number of carbonyl (C=O) groups is 1. The highest BCUT2D eigenvalue weighted by atomic mass is 16.4. The average Bonchev–Trinajstić information content (AvgIpc) is 2.60. The Hall–Kier alpha value is -1.39. The Morgan fingerprint density at radius 3 is 2.69 bits per heavy atom. The van der Waals surface area contributed by atoms with Crippen LogP contribution < -0.4 is 0 Å². The maximum atomic E-state index is 10.7. The van der Waals surface area contributed by atoms with E-state index >= 15 is 0 Å². The lowest BCUT2D eigenvalue weighted by Gasteiger charge is -2.24. The Labute approximate surface area is 94.5 Å². The quantitative estimate of drug-likeness (QED) is 0.847. The van der Waals surface area contributed by atoms with Crippen LogP contribution in [0.1, 0.15) is 49.8 Å². The lowest BCUT2D eigenvalue weighted by molar-refractivity contribution is -0.136. The van der Waals surface area contributed by atoms with Crippen molar-refractivity contribution in [1.82, 2.24) is 14.8 Å². The normalized spacial score (nSPS) is 17.6. The molecule has 0 spiro atoms. The van der Waals surface area contributed by atoms with Crippen molar-refractivity contribution in [3.63, 3.8) is 0 Å². The topological polar surface area (TPSA) is 68.0 Å². The van der Waals surface area contributed by atoms with Gasteiger partial charge in [-0.25, -0.2) is 0 Å². The third kappa shape index (κ3) is 2.23. The van der Waals surface area contributed by atoms with E-state index in [0.717, 1.165) is 18.7 Å². The third-order valence-corrected chi connectivity index (χ3v) is 3.19. The van der Waals surface area contributed by atoms with Crippen molar-refractivity contribution in [2.75, 3.05) is 0 Å². The smallest absolute Gasteiger partial charge is 0.311 e. The summed E-state index contributed by atoms with van der Waals surface area (Å²) in [4.78, 5) is 10.7. The largest absolute Gasteiger partial charge is 0.481 e. The molecule has 0 bridgehead atoms. The van der Waals surface area contributed by atoms with Gasteiger partial charge in [-0.15, -0.1) is 10.2 Å². The molecule has 0 aliphatic heterocycles. The summed E-state index contributed by atoms with van der Waals surface area (Å²) in [7, 11) is 0. The van der Waals surface area contributed by atoms with Crippen LogP contribution in [0.5, 0.6) is 0 Å².